The third-order valence-corrected chi connectivity index (χ3v) is 5.99. The van der Waals surface area contributed by atoms with Gasteiger partial charge in [-0.25, -0.2) is 9.97 Å². The number of aromatic nitrogens is 3. The van der Waals surface area contributed by atoms with E-state index in [1.807, 2.05) is 20.8 Å². The van der Waals surface area contributed by atoms with E-state index in [0.717, 1.165) is 17.1 Å². The number of carbonyl (C=O) groups is 1. The second-order valence-corrected chi connectivity index (χ2v) is 9.07. The summed E-state index contributed by atoms with van der Waals surface area (Å²) in [5, 5.41) is 3.51. The van der Waals surface area contributed by atoms with Crippen LogP contribution in [-0.2, 0) is 18.1 Å². The van der Waals surface area contributed by atoms with E-state index in [9.17, 15) is 18.0 Å². The van der Waals surface area contributed by atoms with E-state index < -0.39 is 17.6 Å². The number of hydrogen-bond donors (Lipinski definition) is 1. The predicted molar refractivity (Wildman–Crippen MR) is 111 cm³/mol. The first-order valence-corrected chi connectivity index (χ1v) is 10.2. The average Bonchev–Trinajstić information content (AvgIpc) is 3.41. The molecular weight excluding hydrogens is 429 g/mol. The van der Waals surface area contributed by atoms with Gasteiger partial charge in [0.1, 0.15) is 10.6 Å². The molecule has 0 saturated heterocycles. The number of anilines is 1. The summed E-state index contributed by atoms with van der Waals surface area (Å²) in [6.07, 6.45) is -1.50. The van der Waals surface area contributed by atoms with Crippen molar-refractivity contribution in [3.05, 3.63) is 64.0 Å². The van der Waals surface area contributed by atoms with Crippen molar-refractivity contribution in [2.45, 2.75) is 38.9 Å². The van der Waals surface area contributed by atoms with Gasteiger partial charge in [0.2, 0.25) is 5.95 Å². The highest BCUT2D eigenvalue weighted by molar-refractivity contribution is 7.13. The predicted octanol–water partition coefficient (Wildman–Crippen LogP) is 5.70. The zero-order chi connectivity index (χ0) is 22.4. The number of nitrogens with one attached hydrogen (secondary N) is 1. The van der Waals surface area contributed by atoms with E-state index in [1.165, 1.54) is 29.9 Å². The van der Waals surface area contributed by atoms with E-state index in [1.54, 1.807) is 16.7 Å². The second-order valence-electron chi connectivity index (χ2n) is 8.04. The van der Waals surface area contributed by atoms with Crippen LogP contribution in [0.4, 0.5) is 19.1 Å². The van der Waals surface area contributed by atoms with Gasteiger partial charge < -0.3 is 8.98 Å². The molecule has 1 amide bonds. The molecule has 0 saturated carbocycles. The van der Waals surface area contributed by atoms with E-state index in [2.05, 4.69) is 15.3 Å². The number of amides is 1. The van der Waals surface area contributed by atoms with E-state index in [0.29, 0.717) is 16.2 Å². The van der Waals surface area contributed by atoms with Gasteiger partial charge in [-0.2, -0.15) is 13.2 Å². The Morgan fingerprint density at radius 2 is 2.00 bits per heavy atom. The van der Waals surface area contributed by atoms with Gasteiger partial charge in [0.15, 0.2) is 0 Å². The van der Waals surface area contributed by atoms with Crippen molar-refractivity contribution in [2.75, 3.05) is 5.32 Å². The SMILES string of the molecule is CC(C)(C)c1ncc(C(=O)Nc2nc3cc(C(F)(F)F)ccc3n2Cc2ccco2)s1. The molecule has 1 aromatic carbocycles. The maximum absolute atomic E-state index is 13.1. The molecule has 0 atom stereocenters. The van der Waals surface area contributed by atoms with Crippen molar-refractivity contribution >= 4 is 34.2 Å². The monoisotopic (exact) mass is 448 g/mol. The molecule has 31 heavy (non-hydrogen) atoms. The lowest BCUT2D eigenvalue weighted by molar-refractivity contribution is -0.137. The summed E-state index contributed by atoms with van der Waals surface area (Å²) in [7, 11) is 0. The number of benzene rings is 1. The number of nitrogens with zero attached hydrogens (tertiary/aromatic N) is 3. The van der Waals surface area contributed by atoms with Crippen molar-refractivity contribution in [2.24, 2.45) is 0 Å². The van der Waals surface area contributed by atoms with Crippen molar-refractivity contribution in [1.82, 2.24) is 14.5 Å². The first kappa shape index (κ1) is 21.1. The van der Waals surface area contributed by atoms with Gasteiger partial charge >= 0.3 is 6.18 Å². The molecule has 0 bridgehead atoms. The molecular formula is C21H19F3N4O2S. The van der Waals surface area contributed by atoms with Crippen LogP contribution in [0.5, 0.6) is 0 Å². The number of carbonyl (C=O) groups excluding carboxylic acids is 1. The van der Waals surface area contributed by atoms with Crippen LogP contribution in [-0.4, -0.2) is 20.4 Å². The molecule has 0 spiro atoms. The van der Waals surface area contributed by atoms with Crippen LogP contribution < -0.4 is 5.32 Å². The maximum Gasteiger partial charge on any atom is 0.416 e. The third-order valence-electron chi connectivity index (χ3n) is 4.57. The number of halogens is 3. The molecule has 4 aromatic rings. The Morgan fingerprint density at radius 1 is 1.23 bits per heavy atom. The Morgan fingerprint density at radius 3 is 2.61 bits per heavy atom. The van der Waals surface area contributed by atoms with Crippen LogP contribution in [0.15, 0.2) is 47.2 Å². The Kier molecular flexibility index (Phi) is 5.12. The van der Waals surface area contributed by atoms with Crippen molar-refractivity contribution in [1.29, 1.82) is 0 Å². The van der Waals surface area contributed by atoms with Gasteiger partial charge in [0.25, 0.3) is 5.91 Å². The normalized spacial score (nSPS) is 12.5. The largest absolute Gasteiger partial charge is 0.467 e. The van der Waals surface area contributed by atoms with Crippen LogP contribution in [0.3, 0.4) is 0 Å². The number of fused-ring (bicyclic) bond motifs is 1. The molecule has 0 aliphatic carbocycles. The lowest BCUT2D eigenvalue weighted by atomic mass is 9.98. The fraction of sp³-hybridized carbons (Fsp3) is 0.286. The molecule has 0 unspecified atom stereocenters. The Bertz CT molecular complexity index is 1230. The van der Waals surface area contributed by atoms with Gasteiger partial charge in [-0.3, -0.25) is 10.1 Å². The molecule has 3 aromatic heterocycles. The fourth-order valence-electron chi connectivity index (χ4n) is 3.01. The van der Waals surface area contributed by atoms with Crippen molar-refractivity contribution < 1.29 is 22.4 Å². The van der Waals surface area contributed by atoms with Crippen LogP contribution in [0, 0.1) is 0 Å². The number of imidazole rings is 1. The third kappa shape index (κ3) is 4.34. The molecule has 0 aliphatic rings. The summed E-state index contributed by atoms with van der Waals surface area (Å²) in [6.45, 7) is 6.18. The first-order valence-electron chi connectivity index (χ1n) is 9.40. The molecule has 0 aliphatic heterocycles. The molecule has 4 rings (SSSR count). The van der Waals surface area contributed by atoms with Crippen LogP contribution >= 0.6 is 11.3 Å². The van der Waals surface area contributed by atoms with Gasteiger partial charge in [0, 0.05) is 5.41 Å². The van der Waals surface area contributed by atoms with Crippen LogP contribution in [0.2, 0.25) is 0 Å². The van der Waals surface area contributed by atoms with Crippen molar-refractivity contribution in [3.8, 4) is 0 Å². The van der Waals surface area contributed by atoms with E-state index in [4.69, 9.17) is 4.42 Å². The van der Waals surface area contributed by atoms with Crippen LogP contribution in [0.25, 0.3) is 11.0 Å². The molecule has 6 nitrogen and oxygen atoms in total. The number of hydrogen-bond acceptors (Lipinski definition) is 5. The molecule has 1 N–H and O–H groups in total. The summed E-state index contributed by atoms with van der Waals surface area (Å²) in [5.74, 6) is 0.268. The lowest BCUT2D eigenvalue weighted by Crippen LogP contribution is -2.15. The fourth-order valence-corrected chi connectivity index (χ4v) is 3.88. The zero-order valence-corrected chi connectivity index (χ0v) is 17.8. The quantitative estimate of drug-likeness (QED) is 0.435. The molecule has 3 heterocycles. The highest BCUT2D eigenvalue weighted by Gasteiger charge is 2.31. The number of rotatable bonds is 4. The standard InChI is InChI=1S/C21H19F3N4O2S/c1-20(2,3)18-25-10-16(31-18)17(29)27-19-26-14-9-12(21(22,23)24)6-7-15(14)28(19)11-13-5-4-8-30-13/h4-10H,11H2,1-3H3,(H,26,27,29). The highest BCUT2D eigenvalue weighted by Crippen LogP contribution is 2.33. The molecule has 162 valence electrons. The molecule has 10 heteroatoms. The number of alkyl halides is 3. The summed E-state index contributed by atoms with van der Waals surface area (Å²) in [4.78, 5) is 21.8. The minimum Gasteiger partial charge on any atom is -0.467 e. The Labute approximate surface area is 179 Å². The summed E-state index contributed by atoms with van der Waals surface area (Å²) in [6, 6.07) is 6.75. The van der Waals surface area contributed by atoms with E-state index >= 15 is 0 Å². The Hall–Kier alpha value is -3.14. The zero-order valence-electron chi connectivity index (χ0n) is 16.9. The van der Waals surface area contributed by atoms with Gasteiger partial charge in [-0.05, 0) is 30.3 Å². The molecule has 0 fully saturated rings. The van der Waals surface area contributed by atoms with Gasteiger partial charge in [0.05, 0.1) is 40.6 Å². The van der Waals surface area contributed by atoms with E-state index in [-0.39, 0.29) is 23.4 Å². The minimum atomic E-state index is -4.49. The topological polar surface area (TPSA) is 73.0 Å². The average molecular weight is 448 g/mol. The summed E-state index contributed by atoms with van der Waals surface area (Å²) >= 11 is 1.26. The first-order chi connectivity index (χ1) is 14.5. The van der Waals surface area contributed by atoms with Gasteiger partial charge in [-0.1, -0.05) is 20.8 Å². The Balaban J connectivity index is 1.72. The summed E-state index contributed by atoms with van der Waals surface area (Å²) in [5.41, 5.74) is -0.447. The number of thiazole rings is 1. The highest BCUT2D eigenvalue weighted by atomic mass is 32.1. The smallest absolute Gasteiger partial charge is 0.416 e. The van der Waals surface area contributed by atoms with Crippen molar-refractivity contribution in [3.63, 3.8) is 0 Å². The summed E-state index contributed by atoms with van der Waals surface area (Å²) < 4.78 is 46.4. The second kappa shape index (κ2) is 7.52. The van der Waals surface area contributed by atoms with Gasteiger partial charge in [-0.15, -0.1) is 11.3 Å². The lowest BCUT2D eigenvalue weighted by Gasteiger charge is -2.13. The maximum atomic E-state index is 13.1. The molecule has 0 radical (unpaired) electrons. The number of furan rings is 1. The minimum absolute atomic E-state index is 0.122. The van der Waals surface area contributed by atoms with Crippen LogP contribution in [0.1, 0.15) is 46.8 Å².